The van der Waals surface area contributed by atoms with Crippen molar-refractivity contribution < 1.29 is 0 Å². The average molecular weight is 251 g/mol. The maximum absolute atomic E-state index is 5.59. The van der Waals surface area contributed by atoms with Crippen molar-refractivity contribution in [3.63, 3.8) is 0 Å². The third-order valence-corrected chi connectivity index (χ3v) is 3.99. The van der Waals surface area contributed by atoms with Crippen molar-refractivity contribution in [1.82, 2.24) is 9.36 Å². The van der Waals surface area contributed by atoms with E-state index in [9.17, 15) is 0 Å². The topological polar surface area (TPSA) is 25.8 Å². The summed E-state index contributed by atoms with van der Waals surface area (Å²) in [6, 6.07) is 0. The van der Waals surface area contributed by atoms with Crippen molar-refractivity contribution in [2.24, 2.45) is 0 Å². The van der Waals surface area contributed by atoms with Crippen LogP contribution < -0.4 is 0 Å². The first kappa shape index (κ1) is 12.3. The Morgan fingerprint density at radius 3 is 2.86 bits per heavy atom. The van der Waals surface area contributed by atoms with Gasteiger partial charge in [-0.25, -0.2) is 4.98 Å². The van der Waals surface area contributed by atoms with Crippen LogP contribution >= 0.6 is 34.9 Å². The lowest BCUT2D eigenvalue weighted by molar-refractivity contribution is 0.783. The molecule has 0 bridgehead atoms. The van der Waals surface area contributed by atoms with Crippen molar-refractivity contribution in [3.8, 4) is 0 Å². The maximum Gasteiger partial charge on any atom is 0.170 e. The zero-order valence-corrected chi connectivity index (χ0v) is 10.7. The molecular weight excluding hydrogens is 236 g/mol. The highest BCUT2D eigenvalue weighted by Crippen LogP contribution is 2.21. The van der Waals surface area contributed by atoms with Gasteiger partial charge in [-0.05, 0) is 24.4 Å². The number of alkyl halides is 1. The molecule has 0 spiro atoms. The number of thioether (sulfide) groups is 1. The quantitative estimate of drug-likeness (QED) is 0.420. The Labute approximate surface area is 98.6 Å². The van der Waals surface area contributed by atoms with Gasteiger partial charge in [-0.1, -0.05) is 25.1 Å². The molecule has 5 heteroatoms. The van der Waals surface area contributed by atoms with Gasteiger partial charge in [0.1, 0.15) is 5.82 Å². The molecule has 1 aromatic heterocycles. The molecule has 14 heavy (non-hydrogen) atoms. The van der Waals surface area contributed by atoms with Gasteiger partial charge in [-0.2, -0.15) is 4.37 Å². The first-order chi connectivity index (χ1) is 6.86. The van der Waals surface area contributed by atoms with E-state index in [2.05, 4.69) is 16.3 Å². The second kappa shape index (κ2) is 7.49. The summed E-state index contributed by atoms with van der Waals surface area (Å²) in [5.74, 6) is 2.89. The molecule has 0 unspecified atom stereocenters. The van der Waals surface area contributed by atoms with Crippen LogP contribution in [0.25, 0.3) is 0 Å². The Kier molecular flexibility index (Phi) is 6.56. The molecule has 0 fully saturated rings. The molecule has 0 aliphatic carbocycles. The minimum absolute atomic E-state index is 0.781. The standard InChI is InChI=1S/C9H15ClN2S2/c1-2-8-11-9(14-12-8)13-7-5-3-4-6-10/h2-7H2,1H3. The first-order valence-corrected chi connectivity index (χ1v) is 7.17. The number of unbranched alkanes of at least 4 members (excludes halogenated alkanes) is 2. The van der Waals surface area contributed by atoms with Gasteiger partial charge < -0.3 is 0 Å². The molecule has 1 aromatic rings. The molecular formula is C9H15ClN2S2. The Morgan fingerprint density at radius 1 is 1.36 bits per heavy atom. The van der Waals surface area contributed by atoms with E-state index in [1.165, 1.54) is 24.4 Å². The molecule has 80 valence electrons. The highest BCUT2D eigenvalue weighted by atomic mass is 35.5. The predicted octanol–water partition coefficient (Wildman–Crippen LogP) is 3.60. The van der Waals surface area contributed by atoms with Gasteiger partial charge in [0.15, 0.2) is 4.34 Å². The van der Waals surface area contributed by atoms with Gasteiger partial charge in [0.05, 0.1) is 0 Å². The molecule has 0 radical (unpaired) electrons. The van der Waals surface area contributed by atoms with Crippen LogP contribution in [0.3, 0.4) is 0 Å². The van der Waals surface area contributed by atoms with E-state index in [0.29, 0.717) is 0 Å². The molecule has 0 aromatic carbocycles. The van der Waals surface area contributed by atoms with Crippen molar-refractivity contribution in [2.75, 3.05) is 11.6 Å². The molecule has 0 saturated heterocycles. The number of aromatic nitrogens is 2. The van der Waals surface area contributed by atoms with Gasteiger partial charge in [-0.3, -0.25) is 0 Å². The molecule has 0 aliphatic heterocycles. The van der Waals surface area contributed by atoms with Crippen LogP contribution in [0.15, 0.2) is 4.34 Å². The van der Waals surface area contributed by atoms with E-state index in [-0.39, 0.29) is 0 Å². The highest BCUT2D eigenvalue weighted by molar-refractivity contribution is 8.00. The molecule has 0 atom stereocenters. The lowest BCUT2D eigenvalue weighted by atomic mass is 10.3. The Morgan fingerprint density at radius 2 is 2.21 bits per heavy atom. The van der Waals surface area contributed by atoms with Crippen LogP contribution in [0.2, 0.25) is 0 Å². The van der Waals surface area contributed by atoms with Gasteiger partial charge in [-0.15, -0.1) is 11.6 Å². The van der Waals surface area contributed by atoms with Crippen LogP contribution in [0.1, 0.15) is 32.0 Å². The fourth-order valence-electron chi connectivity index (χ4n) is 0.973. The van der Waals surface area contributed by atoms with Crippen molar-refractivity contribution in [2.45, 2.75) is 36.9 Å². The number of rotatable bonds is 7. The van der Waals surface area contributed by atoms with Crippen molar-refractivity contribution in [3.05, 3.63) is 5.82 Å². The number of nitrogens with zero attached hydrogens (tertiary/aromatic N) is 2. The van der Waals surface area contributed by atoms with Gasteiger partial charge in [0, 0.05) is 18.1 Å². The normalized spacial score (nSPS) is 10.7. The van der Waals surface area contributed by atoms with Crippen LogP contribution in [-0.2, 0) is 6.42 Å². The van der Waals surface area contributed by atoms with E-state index in [0.717, 1.165) is 34.6 Å². The Hall–Kier alpha value is 0.200. The second-order valence-corrected chi connectivity index (χ2v) is 5.40. The summed E-state index contributed by atoms with van der Waals surface area (Å²) >= 11 is 8.92. The fourth-order valence-corrected chi connectivity index (χ4v) is 2.93. The SMILES string of the molecule is CCc1nsc(SCCCCCCl)n1. The lowest BCUT2D eigenvalue weighted by Crippen LogP contribution is -1.83. The summed E-state index contributed by atoms with van der Waals surface area (Å²) in [7, 11) is 0. The minimum Gasteiger partial charge on any atom is -0.213 e. The van der Waals surface area contributed by atoms with E-state index in [1.807, 2.05) is 11.8 Å². The van der Waals surface area contributed by atoms with Crippen LogP contribution in [0, 0.1) is 0 Å². The third kappa shape index (κ3) is 4.62. The summed E-state index contributed by atoms with van der Waals surface area (Å²) in [6.07, 6.45) is 4.50. The summed E-state index contributed by atoms with van der Waals surface area (Å²) in [6.45, 7) is 2.08. The first-order valence-electron chi connectivity index (χ1n) is 4.88. The number of aryl methyl sites for hydroxylation is 1. The molecule has 1 rings (SSSR count). The van der Waals surface area contributed by atoms with E-state index < -0.39 is 0 Å². The molecule has 0 aliphatic rings. The summed E-state index contributed by atoms with van der Waals surface area (Å²) in [5, 5.41) is 0. The number of hydrogen-bond acceptors (Lipinski definition) is 4. The zero-order chi connectivity index (χ0) is 10.2. The minimum atomic E-state index is 0.781. The average Bonchev–Trinajstić information content (AvgIpc) is 2.65. The number of hydrogen-bond donors (Lipinski definition) is 0. The van der Waals surface area contributed by atoms with E-state index in [4.69, 9.17) is 11.6 Å². The monoisotopic (exact) mass is 250 g/mol. The number of halogens is 1. The fraction of sp³-hybridized carbons (Fsp3) is 0.778. The molecule has 0 N–H and O–H groups in total. The van der Waals surface area contributed by atoms with Crippen LogP contribution in [0.5, 0.6) is 0 Å². The van der Waals surface area contributed by atoms with Gasteiger partial charge in [0.25, 0.3) is 0 Å². The summed E-state index contributed by atoms with van der Waals surface area (Å²) in [5.41, 5.74) is 0. The van der Waals surface area contributed by atoms with Gasteiger partial charge >= 0.3 is 0 Å². The molecule has 1 heterocycles. The maximum atomic E-state index is 5.59. The summed E-state index contributed by atoms with van der Waals surface area (Å²) < 4.78 is 5.34. The largest absolute Gasteiger partial charge is 0.213 e. The van der Waals surface area contributed by atoms with E-state index >= 15 is 0 Å². The third-order valence-electron chi connectivity index (χ3n) is 1.77. The second-order valence-electron chi connectivity index (χ2n) is 2.93. The Bertz CT molecular complexity index is 253. The van der Waals surface area contributed by atoms with Crippen molar-refractivity contribution in [1.29, 1.82) is 0 Å². The molecule has 0 amide bonds. The zero-order valence-electron chi connectivity index (χ0n) is 8.33. The lowest BCUT2D eigenvalue weighted by Gasteiger charge is -1.95. The van der Waals surface area contributed by atoms with Crippen LogP contribution in [-0.4, -0.2) is 21.0 Å². The highest BCUT2D eigenvalue weighted by Gasteiger charge is 2.01. The van der Waals surface area contributed by atoms with Crippen LogP contribution in [0.4, 0.5) is 0 Å². The Balaban J connectivity index is 2.12. The molecule has 2 nitrogen and oxygen atoms in total. The summed E-state index contributed by atoms with van der Waals surface area (Å²) in [4.78, 5) is 4.39. The predicted molar refractivity (Wildman–Crippen MR) is 64.6 cm³/mol. The van der Waals surface area contributed by atoms with Gasteiger partial charge in [0.2, 0.25) is 0 Å². The molecule has 0 saturated carbocycles. The van der Waals surface area contributed by atoms with E-state index in [1.54, 1.807) is 0 Å². The van der Waals surface area contributed by atoms with Crippen molar-refractivity contribution >= 4 is 34.9 Å². The smallest absolute Gasteiger partial charge is 0.170 e.